The monoisotopic (exact) mass is 262 g/mol. The zero-order valence-corrected chi connectivity index (χ0v) is 10.2. The first kappa shape index (κ1) is 13.9. The van der Waals surface area contributed by atoms with Crippen LogP contribution in [0.5, 0.6) is 5.75 Å². The maximum Gasteiger partial charge on any atom is 0.274 e. The minimum absolute atomic E-state index is 0.0475. The van der Waals surface area contributed by atoms with Gasteiger partial charge in [0.25, 0.3) is 10.2 Å². The number of halogens is 1. The molecule has 3 N–H and O–H groups in total. The number of rotatable bonds is 6. The largest absolute Gasteiger partial charge is 0.489 e. The molecule has 0 aliphatic heterocycles. The molecule has 0 fully saturated rings. The van der Waals surface area contributed by atoms with Crippen LogP contribution in [0.25, 0.3) is 0 Å². The van der Waals surface area contributed by atoms with Crippen LogP contribution >= 0.6 is 0 Å². The van der Waals surface area contributed by atoms with Gasteiger partial charge in [0.05, 0.1) is 0 Å². The van der Waals surface area contributed by atoms with E-state index in [4.69, 9.17) is 9.88 Å². The average Bonchev–Trinajstić information content (AvgIpc) is 2.23. The zero-order valence-electron chi connectivity index (χ0n) is 9.39. The minimum atomic E-state index is -3.73. The van der Waals surface area contributed by atoms with Crippen molar-refractivity contribution in [1.82, 2.24) is 4.72 Å². The van der Waals surface area contributed by atoms with Gasteiger partial charge in [-0.15, -0.1) is 0 Å². The third-order valence-electron chi connectivity index (χ3n) is 2.07. The molecule has 0 unspecified atom stereocenters. The van der Waals surface area contributed by atoms with E-state index in [0.29, 0.717) is 12.2 Å². The van der Waals surface area contributed by atoms with Crippen LogP contribution in [0.1, 0.15) is 13.3 Å². The summed E-state index contributed by atoms with van der Waals surface area (Å²) < 4.78 is 41.9. The molecule has 1 rings (SSSR count). The number of nitrogens with one attached hydrogen (secondary N) is 1. The summed E-state index contributed by atoms with van der Waals surface area (Å²) in [6.07, 6.45) is 0.175. The third kappa shape index (κ3) is 5.62. The van der Waals surface area contributed by atoms with E-state index in [1.807, 2.05) is 6.92 Å². The first-order valence-electron chi connectivity index (χ1n) is 5.10. The minimum Gasteiger partial charge on any atom is -0.489 e. The standard InChI is InChI=1S/C10H15FN2O3S/c1-2-9(7-13-17(12,14)15)16-10-5-3-4-8(11)6-10/h3-6,9,13H,2,7H2,1H3,(H2,12,14,15)/t9-/m1/s1. The number of ether oxygens (including phenoxy) is 1. The van der Waals surface area contributed by atoms with Gasteiger partial charge in [0.1, 0.15) is 17.7 Å². The molecule has 0 heterocycles. The van der Waals surface area contributed by atoms with Crippen molar-refractivity contribution in [3.63, 3.8) is 0 Å². The van der Waals surface area contributed by atoms with Gasteiger partial charge in [0.2, 0.25) is 0 Å². The Bertz CT molecular complexity index is 464. The molecule has 1 atom stereocenters. The molecule has 0 spiro atoms. The molecule has 0 aliphatic rings. The van der Waals surface area contributed by atoms with Crippen LogP contribution < -0.4 is 14.6 Å². The van der Waals surface area contributed by atoms with Crippen molar-refractivity contribution >= 4 is 10.2 Å². The van der Waals surface area contributed by atoms with Gasteiger partial charge >= 0.3 is 0 Å². The molecule has 17 heavy (non-hydrogen) atoms. The second kappa shape index (κ2) is 5.95. The number of benzene rings is 1. The van der Waals surface area contributed by atoms with E-state index in [0.717, 1.165) is 0 Å². The number of hydrogen-bond donors (Lipinski definition) is 2. The summed E-state index contributed by atoms with van der Waals surface area (Å²) in [6, 6.07) is 5.66. The Hall–Kier alpha value is -1.18. The summed E-state index contributed by atoms with van der Waals surface area (Å²) in [4.78, 5) is 0. The van der Waals surface area contributed by atoms with Gasteiger partial charge in [-0.3, -0.25) is 0 Å². The molecule has 0 aliphatic carbocycles. The lowest BCUT2D eigenvalue weighted by Gasteiger charge is -2.17. The van der Waals surface area contributed by atoms with Crippen molar-refractivity contribution in [2.24, 2.45) is 5.14 Å². The van der Waals surface area contributed by atoms with E-state index in [2.05, 4.69) is 4.72 Å². The Morgan fingerprint density at radius 2 is 2.24 bits per heavy atom. The van der Waals surface area contributed by atoms with Gasteiger partial charge in [-0.05, 0) is 18.6 Å². The fourth-order valence-electron chi connectivity index (χ4n) is 1.21. The third-order valence-corrected chi connectivity index (χ3v) is 2.64. The first-order valence-corrected chi connectivity index (χ1v) is 6.65. The molecular formula is C10H15FN2O3S. The molecule has 1 aromatic rings. The van der Waals surface area contributed by atoms with E-state index in [-0.39, 0.29) is 6.54 Å². The van der Waals surface area contributed by atoms with Crippen LogP contribution in [0, 0.1) is 5.82 Å². The highest BCUT2D eigenvalue weighted by Crippen LogP contribution is 2.14. The highest BCUT2D eigenvalue weighted by molar-refractivity contribution is 7.87. The predicted octanol–water partition coefficient (Wildman–Crippen LogP) is 0.776. The molecule has 7 heteroatoms. The van der Waals surface area contributed by atoms with Crippen molar-refractivity contribution in [3.8, 4) is 5.75 Å². The van der Waals surface area contributed by atoms with Crippen molar-refractivity contribution in [3.05, 3.63) is 30.1 Å². The average molecular weight is 262 g/mol. The van der Waals surface area contributed by atoms with Gasteiger partial charge < -0.3 is 4.74 Å². The second-order valence-corrected chi connectivity index (χ2v) is 4.88. The number of nitrogens with two attached hydrogens (primary N) is 1. The van der Waals surface area contributed by atoms with Crippen LogP contribution in [0.2, 0.25) is 0 Å². The van der Waals surface area contributed by atoms with Crippen LogP contribution in [0.4, 0.5) is 4.39 Å². The van der Waals surface area contributed by atoms with Crippen LogP contribution in [0.15, 0.2) is 24.3 Å². The Morgan fingerprint density at radius 3 is 2.76 bits per heavy atom. The van der Waals surface area contributed by atoms with E-state index in [1.165, 1.54) is 18.2 Å². The van der Waals surface area contributed by atoms with Gasteiger partial charge in [-0.1, -0.05) is 13.0 Å². The summed E-state index contributed by atoms with van der Waals surface area (Å²) in [5, 5.41) is 4.80. The van der Waals surface area contributed by atoms with Gasteiger partial charge in [0.15, 0.2) is 0 Å². The van der Waals surface area contributed by atoms with Crippen molar-refractivity contribution < 1.29 is 17.5 Å². The molecule has 0 saturated heterocycles. The Balaban J connectivity index is 2.58. The lowest BCUT2D eigenvalue weighted by atomic mass is 10.2. The highest BCUT2D eigenvalue weighted by atomic mass is 32.2. The number of hydrogen-bond acceptors (Lipinski definition) is 3. The molecule has 0 amide bonds. The van der Waals surface area contributed by atoms with E-state index in [9.17, 15) is 12.8 Å². The molecule has 0 aromatic heterocycles. The quantitative estimate of drug-likeness (QED) is 0.794. The van der Waals surface area contributed by atoms with Gasteiger partial charge in [-0.2, -0.15) is 13.1 Å². The smallest absolute Gasteiger partial charge is 0.274 e. The van der Waals surface area contributed by atoms with E-state index in [1.54, 1.807) is 6.07 Å². The Labute approximate surface area is 100.0 Å². The SMILES string of the molecule is CC[C@H](CNS(N)(=O)=O)Oc1cccc(F)c1. The van der Waals surface area contributed by atoms with E-state index < -0.39 is 22.1 Å². The zero-order chi connectivity index (χ0) is 12.9. The topological polar surface area (TPSA) is 81.4 Å². The summed E-state index contributed by atoms with van der Waals surface area (Å²) >= 11 is 0. The second-order valence-electron chi connectivity index (χ2n) is 3.50. The summed E-state index contributed by atoms with van der Waals surface area (Å²) in [6.45, 7) is 1.88. The summed E-state index contributed by atoms with van der Waals surface area (Å²) in [5.41, 5.74) is 0. The normalized spacial score (nSPS) is 13.4. The van der Waals surface area contributed by atoms with Crippen molar-refractivity contribution in [2.45, 2.75) is 19.4 Å². The summed E-state index contributed by atoms with van der Waals surface area (Å²) in [7, 11) is -3.73. The van der Waals surface area contributed by atoms with E-state index >= 15 is 0 Å². The summed E-state index contributed by atoms with van der Waals surface area (Å²) in [5.74, 6) is -0.0511. The lowest BCUT2D eigenvalue weighted by Crippen LogP contribution is -2.38. The molecule has 1 aromatic carbocycles. The first-order chi connectivity index (χ1) is 7.90. The van der Waals surface area contributed by atoms with Crippen molar-refractivity contribution in [1.29, 1.82) is 0 Å². The van der Waals surface area contributed by atoms with Gasteiger partial charge in [-0.25, -0.2) is 9.53 Å². The molecule has 96 valence electrons. The van der Waals surface area contributed by atoms with Crippen LogP contribution in [-0.4, -0.2) is 21.1 Å². The molecule has 0 bridgehead atoms. The predicted molar refractivity (Wildman–Crippen MR) is 62.2 cm³/mol. The van der Waals surface area contributed by atoms with Crippen LogP contribution in [-0.2, 0) is 10.2 Å². The molecule has 0 saturated carbocycles. The molecule has 0 radical (unpaired) electrons. The Kier molecular flexibility index (Phi) is 4.86. The molecule has 5 nitrogen and oxygen atoms in total. The van der Waals surface area contributed by atoms with Gasteiger partial charge in [0, 0.05) is 12.6 Å². The maximum atomic E-state index is 12.9. The maximum absolute atomic E-state index is 12.9. The fraction of sp³-hybridized carbons (Fsp3) is 0.400. The highest BCUT2D eigenvalue weighted by Gasteiger charge is 2.11. The van der Waals surface area contributed by atoms with Crippen molar-refractivity contribution in [2.75, 3.05) is 6.54 Å². The molecular weight excluding hydrogens is 247 g/mol. The Morgan fingerprint density at radius 1 is 1.53 bits per heavy atom. The van der Waals surface area contributed by atoms with Crippen LogP contribution in [0.3, 0.4) is 0 Å². The lowest BCUT2D eigenvalue weighted by molar-refractivity contribution is 0.200. The fourth-order valence-corrected chi connectivity index (χ4v) is 1.63.